The van der Waals surface area contributed by atoms with Crippen LogP contribution in [-0.2, 0) is 0 Å². The Hall–Kier alpha value is -1.99. The van der Waals surface area contributed by atoms with Gasteiger partial charge in [0.2, 0.25) is 0 Å². The van der Waals surface area contributed by atoms with Crippen molar-refractivity contribution < 1.29 is 9.90 Å². The molecule has 0 aliphatic heterocycles. The van der Waals surface area contributed by atoms with Crippen LogP contribution in [0.4, 0.5) is 11.6 Å². The molecular weight excluding hydrogens is 288 g/mol. The molecule has 0 bridgehead atoms. The van der Waals surface area contributed by atoms with Crippen molar-refractivity contribution in [1.82, 2.24) is 9.97 Å². The van der Waals surface area contributed by atoms with Crippen LogP contribution in [0.2, 0.25) is 5.02 Å². The molecule has 5 N–H and O–H groups in total. The van der Waals surface area contributed by atoms with Gasteiger partial charge in [-0.25, -0.2) is 14.8 Å². The molecular formula is C11H9ClN4O2S. The fourth-order valence-corrected chi connectivity index (χ4v) is 2.66. The number of nitrogen functional groups attached to an aromatic ring is 2. The topological polar surface area (TPSA) is 115 Å². The van der Waals surface area contributed by atoms with E-state index in [1.165, 1.54) is 12.1 Å². The number of nitrogens with zero attached hydrogens (tertiary/aromatic N) is 2. The van der Waals surface area contributed by atoms with Crippen LogP contribution in [0, 0.1) is 0 Å². The van der Waals surface area contributed by atoms with E-state index in [4.69, 9.17) is 28.2 Å². The minimum atomic E-state index is -1.12. The quantitative estimate of drug-likeness (QED) is 0.743. The molecule has 0 fully saturated rings. The zero-order valence-corrected chi connectivity index (χ0v) is 11.1. The van der Waals surface area contributed by atoms with Crippen molar-refractivity contribution in [3.8, 4) is 0 Å². The molecule has 8 heteroatoms. The molecule has 0 saturated heterocycles. The van der Waals surface area contributed by atoms with E-state index in [-0.39, 0.29) is 27.4 Å². The van der Waals surface area contributed by atoms with Gasteiger partial charge in [0.15, 0.2) is 5.16 Å². The molecule has 1 heterocycles. The lowest BCUT2D eigenvalue weighted by molar-refractivity contribution is 0.0693. The summed E-state index contributed by atoms with van der Waals surface area (Å²) in [4.78, 5) is 19.5. The highest BCUT2D eigenvalue weighted by Gasteiger charge is 2.16. The maximum Gasteiger partial charge on any atom is 0.338 e. The number of aromatic carboxylic acids is 1. The minimum absolute atomic E-state index is 0.00115. The second-order valence-electron chi connectivity index (χ2n) is 3.52. The summed E-state index contributed by atoms with van der Waals surface area (Å²) in [5.41, 5.74) is 11.1. The molecule has 1 aromatic heterocycles. The Morgan fingerprint density at radius 1 is 1.26 bits per heavy atom. The van der Waals surface area contributed by atoms with E-state index in [1.807, 2.05) is 0 Å². The van der Waals surface area contributed by atoms with Gasteiger partial charge in [0.1, 0.15) is 11.6 Å². The molecule has 6 nitrogen and oxygen atoms in total. The number of aromatic nitrogens is 2. The summed E-state index contributed by atoms with van der Waals surface area (Å²) < 4.78 is 0. The fraction of sp³-hybridized carbons (Fsp3) is 0. The van der Waals surface area contributed by atoms with Crippen LogP contribution >= 0.6 is 23.4 Å². The van der Waals surface area contributed by atoms with Crippen LogP contribution in [0.25, 0.3) is 0 Å². The third-order valence-corrected chi connectivity index (χ3v) is 3.38. The number of halogens is 1. The first kappa shape index (κ1) is 13.4. The first-order valence-corrected chi connectivity index (χ1v) is 6.26. The number of rotatable bonds is 3. The summed E-state index contributed by atoms with van der Waals surface area (Å²) in [5.74, 6) is -0.687. The molecule has 0 aliphatic carbocycles. The van der Waals surface area contributed by atoms with Crippen molar-refractivity contribution in [2.75, 3.05) is 11.5 Å². The molecule has 0 saturated carbocycles. The van der Waals surface area contributed by atoms with E-state index in [0.29, 0.717) is 4.90 Å². The number of carboxylic acid groups (broad SMARTS) is 1. The van der Waals surface area contributed by atoms with Crippen molar-refractivity contribution in [2.45, 2.75) is 10.1 Å². The molecule has 0 spiro atoms. The zero-order chi connectivity index (χ0) is 14.0. The molecule has 2 aromatic rings. The zero-order valence-electron chi connectivity index (χ0n) is 9.50. The van der Waals surface area contributed by atoms with Gasteiger partial charge in [0, 0.05) is 11.0 Å². The van der Waals surface area contributed by atoms with E-state index in [0.717, 1.165) is 11.8 Å². The summed E-state index contributed by atoms with van der Waals surface area (Å²) in [6.07, 6.45) is 0. The van der Waals surface area contributed by atoms with Gasteiger partial charge in [-0.1, -0.05) is 17.7 Å². The molecule has 19 heavy (non-hydrogen) atoms. The Bertz CT molecular complexity index is 630. The molecule has 0 unspecified atom stereocenters. The third-order valence-electron chi connectivity index (χ3n) is 2.14. The molecule has 98 valence electrons. The van der Waals surface area contributed by atoms with Crippen LogP contribution in [0.1, 0.15) is 10.4 Å². The Kier molecular flexibility index (Phi) is 3.77. The van der Waals surface area contributed by atoms with E-state index < -0.39 is 5.97 Å². The Balaban J connectivity index is 2.43. The molecule has 0 aliphatic rings. The fourth-order valence-electron chi connectivity index (χ4n) is 1.40. The maximum atomic E-state index is 11.2. The van der Waals surface area contributed by atoms with Crippen LogP contribution in [0.15, 0.2) is 34.3 Å². The average Bonchev–Trinajstić information content (AvgIpc) is 2.26. The van der Waals surface area contributed by atoms with Crippen molar-refractivity contribution in [2.24, 2.45) is 0 Å². The molecule has 0 atom stereocenters. The van der Waals surface area contributed by atoms with Gasteiger partial charge in [-0.15, -0.1) is 0 Å². The summed E-state index contributed by atoms with van der Waals surface area (Å²) in [5, 5.41) is 9.56. The van der Waals surface area contributed by atoms with Gasteiger partial charge in [0.25, 0.3) is 0 Å². The van der Waals surface area contributed by atoms with Crippen molar-refractivity contribution in [3.05, 3.63) is 34.9 Å². The first-order chi connectivity index (χ1) is 8.97. The largest absolute Gasteiger partial charge is 0.478 e. The van der Waals surface area contributed by atoms with Crippen molar-refractivity contribution >= 4 is 41.0 Å². The third kappa shape index (κ3) is 3.07. The number of carboxylic acids is 1. The van der Waals surface area contributed by atoms with E-state index in [9.17, 15) is 4.79 Å². The van der Waals surface area contributed by atoms with Gasteiger partial charge in [-0.2, -0.15) is 0 Å². The Morgan fingerprint density at radius 3 is 2.47 bits per heavy atom. The molecule has 1 aromatic carbocycles. The smallest absolute Gasteiger partial charge is 0.338 e. The standard InChI is InChI=1S/C11H9ClN4O2S/c12-5-2-1-3-6(9(5)10(17)18)19-11-15-7(13)4-8(14)16-11/h1-4H,(H,17,18)(H4,13,14,15,16). The number of anilines is 2. The van der Waals surface area contributed by atoms with Gasteiger partial charge in [-0.3, -0.25) is 0 Å². The molecule has 2 rings (SSSR count). The second-order valence-corrected chi connectivity index (χ2v) is 4.94. The van der Waals surface area contributed by atoms with Crippen LogP contribution in [-0.4, -0.2) is 21.0 Å². The van der Waals surface area contributed by atoms with Gasteiger partial charge in [0.05, 0.1) is 10.6 Å². The number of hydrogen-bond acceptors (Lipinski definition) is 6. The van der Waals surface area contributed by atoms with Crippen molar-refractivity contribution in [1.29, 1.82) is 0 Å². The first-order valence-electron chi connectivity index (χ1n) is 5.07. The van der Waals surface area contributed by atoms with Crippen molar-refractivity contribution in [3.63, 3.8) is 0 Å². The second kappa shape index (κ2) is 5.33. The number of benzene rings is 1. The highest BCUT2D eigenvalue weighted by atomic mass is 35.5. The number of nitrogens with two attached hydrogens (primary N) is 2. The van der Waals surface area contributed by atoms with Crippen LogP contribution < -0.4 is 11.5 Å². The molecule has 0 amide bonds. The monoisotopic (exact) mass is 296 g/mol. The minimum Gasteiger partial charge on any atom is -0.478 e. The summed E-state index contributed by atoms with van der Waals surface area (Å²) in [6.45, 7) is 0. The van der Waals surface area contributed by atoms with Gasteiger partial charge < -0.3 is 16.6 Å². The predicted molar refractivity (Wildman–Crippen MR) is 73.4 cm³/mol. The summed E-state index contributed by atoms with van der Waals surface area (Å²) in [6, 6.07) is 6.18. The number of carbonyl (C=O) groups is 1. The molecule has 0 radical (unpaired) electrons. The summed E-state index contributed by atoms with van der Waals surface area (Å²) in [7, 11) is 0. The Labute approximate surface area is 117 Å². The summed E-state index contributed by atoms with van der Waals surface area (Å²) >= 11 is 6.91. The van der Waals surface area contributed by atoms with Crippen LogP contribution in [0.3, 0.4) is 0 Å². The highest BCUT2D eigenvalue weighted by Crippen LogP contribution is 2.32. The Morgan fingerprint density at radius 2 is 1.89 bits per heavy atom. The lowest BCUT2D eigenvalue weighted by Crippen LogP contribution is -2.02. The predicted octanol–water partition coefficient (Wildman–Crippen LogP) is 2.14. The number of hydrogen-bond donors (Lipinski definition) is 3. The van der Waals surface area contributed by atoms with E-state index in [2.05, 4.69) is 9.97 Å². The van der Waals surface area contributed by atoms with Gasteiger partial charge >= 0.3 is 5.97 Å². The van der Waals surface area contributed by atoms with E-state index >= 15 is 0 Å². The maximum absolute atomic E-state index is 11.2. The highest BCUT2D eigenvalue weighted by molar-refractivity contribution is 7.99. The van der Waals surface area contributed by atoms with Crippen LogP contribution in [0.5, 0.6) is 0 Å². The normalized spacial score (nSPS) is 10.4. The lowest BCUT2D eigenvalue weighted by atomic mass is 10.2. The van der Waals surface area contributed by atoms with E-state index in [1.54, 1.807) is 12.1 Å². The SMILES string of the molecule is Nc1cc(N)nc(Sc2cccc(Cl)c2C(=O)O)n1. The average molecular weight is 297 g/mol. The van der Waals surface area contributed by atoms with Gasteiger partial charge in [-0.05, 0) is 23.9 Å². The lowest BCUT2D eigenvalue weighted by Gasteiger charge is -2.07.